The third-order valence-electron chi connectivity index (χ3n) is 3.18. The summed E-state index contributed by atoms with van der Waals surface area (Å²) in [5, 5.41) is 3.96. The largest absolute Gasteiger partial charge is 0.383 e. The quantitative estimate of drug-likeness (QED) is 0.748. The molecule has 1 aliphatic carbocycles. The Balaban J connectivity index is 1.78. The lowest BCUT2D eigenvalue weighted by molar-refractivity contribution is 0.0682. The smallest absolute Gasteiger partial charge is 0.259 e. The number of nitrogens with zero attached hydrogens (tertiary/aromatic N) is 3. The molecular weight excluding hydrogens is 232 g/mol. The molecule has 0 atom stereocenters. The Morgan fingerprint density at radius 2 is 2.39 bits per heavy atom. The zero-order chi connectivity index (χ0) is 13.1. The number of carbonyl (C=O) groups is 1. The van der Waals surface area contributed by atoms with Gasteiger partial charge in [0.2, 0.25) is 0 Å². The minimum Gasteiger partial charge on any atom is -0.383 e. The fourth-order valence-corrected chi connectivity index (χ4v) is 1.65. The molecule has 18 heavy (non-hydrogen) atoms. The second-order valence-electron chi connectivity index (χ2n) is 4.81. The molecule has 1 aromatic heterocycles. The SMILES string of the molecule is CN(CCOCC1CC1)C(=O)c1cnn(C)c1N. The first-order valence-electron chi connectivity index (χ1n) is 6.20. The van der Waals surface area contributed by atoms with Crippen LogP contribution in [0, 0.1) is 5.92 Å². The van der Waals surface area contributed by atoms with E-state index in [0.29, 0.717) is 24.5 Å². The van der Waals surface area contributed by atoms with Crippen molar-refractivity contribution in [3.63, 3.8) is 0 Å². The van der Waals surface area contributed by atoms with Crippen LogP contribution in [-0.2, 0) is 11.8 Å². The van der Waals surface area contributed by atoms with Gasteiger partial charge in [0.05, 0.1) is 12.8 Å². The molecule has 100 valence electrons. The minimum atomic E-state index is -0.115. The lowest BCUT2D eigenvalue weighted by atomic mass is 10.3. The van der Waals surface area contributed by atoms with E-state index < -0.39 is 0 Å². The predicted molar refractivity (Wildman–Crippen MR) is 68.1 cm³/mol. The van der Waals surface area contributed by atoms with Gasteiger partial charge < -0.3 is 15.4 Å². The van der Waals surface area contributed by atoms with Crippen LogP contribution in [0.3, 0.4) is 0 Å². The molecule has 0 saturated heterocycles. The summed E-state index contributed by atoms with van der Waals surface area (Å²) in [5.74, 6) is 1.03. The number of aryl methyl sites for hydroxylation is 1. The standard InChI is InChI=1S/C12H20N4O2/c1-15(5-6-18-8-9-3-4-9)12(17)10-7-14-16(2)11(10)13/h7,9H,3-6,8,13H2,1-2H3. The third kappa shape index (κ3) is 3.01. The van der Waals surface area contributed by atoms with Crippen LogP contribution >= 0.6 is 0 Å². The molecule has 2 N–H and O–H groups in total. The summed E-state index contributed by atoms with van der Waals surface area (Å²) in [4.78, 5) is 13.7. The van der Waals surface area contributed by atoms with Crippen molar-refractivity contribution in [1.82, 2.24) is 14.7 Å². The summed E-state index contributed by atoms with van der Waals surface area (Å²) in [6.45, 7) is 1.95. The molecule has 1 saturated carbocycles. The number of anilines is 1. The van der Waals surface area contributed by atoms with E-state index in [1.165, 1.54) is 23.7 Å². The van der Waals surface area contributed by atoms with E-state index >= 15 is 0 Å². The average Bonchev–Trinajstić information content (AvgIpc) is 3.12. The Morgan fingerprint density at radius 1 is 1.67 bits per heavy atom. The van der Waals surface area contributed by atoms with Crippen LogP contribution in [0.25, 0.3) is 0 Å². The maximum Gasteiger partial charge on any atom is 0.259 e. The van der Waals surface area contributed by atoms with Gasteiger partial charge in [0.1, 0.15) is 11.4 Å². The molecule has 0 aromatic carbocycles. The molecule has 0 unspecified atom stereocenters. The molecule has 1 amide bonds. The van der Waals surface area contributed by atoms with Gasteiger partial charge in [-0.2, -0.15) is 5.10 Å². The molecule has 1 aliphatic rings. The number of carbonyl (C=O) groups excluding carboxylic acids is 1. The summed E-state index contributed by atoms with van der Waals surface area (Å²) in [6.07, 6.45) is 4.06. The first kappa shape index (κ1) is 12.9. The van der Waals surface area contributed by atoms with Crippen molar-refractivity contribution in [3.8, 4) is 0 Å². The van der Waals surface area contributed by atoms with E-state index in [9.17, 15) is 4.79 Å². The molecule has 0 aliphatic heterocycles. The van der Waals surface area contributed by atoms with Gasteiger partial charge in [-0.3, -0.25) is 9.48 Å². The first-order valence-corrected chi connectivity index (χ1v) is 6.20. The van der Waals surface area contributed by atoms with E-state index in [-0.39, 0.29) is 5.91 Å². The highest BCUT2D eigenvalue weighted by molar-refractivity contribution is 5.98. The van der Waals surface area contributed by atoms with Crippen LogP contribution in [-0.4, -0.2) is 47.4 Å². The third-order valence-corrected chi connectivity index (χ3v) is 3.18. The highest BCUT2D eigenvalue weighted by Gasteiger charge is 2.21. The molecule has 0 bridgehead atoms. The van der Waals surface area contributed by atoms with Crippen molar-refractivity contribution >= 4 is 11.7 Å². The van der Waals surface area contributed by atoms with Crippen molar-refractivity contribution in [3.05, 3.63) is 11.8 Å². The molecule has 0 radical (unpaired) electrons. The average molecular weight is 252 g/mol. The highest BCUT2D eigenvalue weighted by atomic mass is 16.5. The normalized spacial score (nSPS) is 14.8. The monoisotopic (exact) mass is 252 g/mol. The van der Waals surface area contributed by atoms with Crippen LogP contribution in [0.15, 0.2) is 6.20 Å². The first-order chi connectivity index (χ1) is 8.59. The van der Waals surface area contributed by atoms with Gasteiger partial charge in [-0.05, 0) is 18.8 Å². The van der Waals surface area contributed by atoms with Gasteiger partial charge in [0, 0.05) is 27.2 Å². The summed E-state index contributed by atoms with van der Waals surface area (Å²) in [7, 11) is 3.46. The Labute approximate surface area is 107 Å². The number of likely N-dealkylation sites (N-methyl/N-ethyl adjacent to an activating group) is 1. The molecule has 2 rings (SSSR count). The van der Waals surface area contributed by atoms with Gasteiger partial charge in [-0.15, -0.1) is 0 Å². The fraction of sp³-hybridized carbons (Fsp3) is 0.667. The molecule has 0 spiro atoms. The van der Waals surface area contributed by atoms with Gasteiger partial charge >= 0.3 is 0 Å². The number of aromatic nitrogens is 2. The van der Waals surface area contributed by atoms with Gasteiger partial charge in [-0.1, -0.05) is 0 Å². The number of amides is 1. The Bertz CT molecular complexity index is 426. The number of nitrogens with two attached hydrogens (primary N) is 1. The number of ether oxygens (including phenoxy) is 1. The zero-order valence-corrected chi connectivity index (χ0v) is 10.9. The molecule has 1 heterocycles. The van der Waals surface area contributed by atoms with Crippen molar-refractivity contribution in [1.29, 1.82) is 0 Å². The van der Waals surface area contributed by atoms with E-state index in [4.69, 9.17) is 10.5 Å². The molecule has 1 aromatic rings. The highest BCUT2D eigenvalue weighted by Crippen LogP contribution is 2.28. The van der Waals surface area contributed by atoms with Crippen LogP contribution in [0.5, 0.6) is 0 Å². The zero-order valence-electron chi connectivity index (χ0n) is 10.9. The number of rotatable bonds is 6. The van der Waals surface area contributed by atoms with Crippen molar-refractivity contribution in [2.45, 2.75) is 12.8 Å². The van der Waals surface area contributed by atoms with Crippen molar-refractivity contribution in [2.24, 2.45) is 13.0 Å². The van der Waals surface area contributed by atoms with Crippen LogP contribution in [0.4, 0.5) is 5.82 Å². The topological polar surface area (TPSA) is 73.4 Å². The maximum absolute atomic E-state index is 12.1. The van der Waals surface area contributed by atoms with Crippen LogP contribution in [0.1, 0.15) is 23.2 Å². The minimum absolute atomic E-state index is 0.115. The maximum atomic E-state index is 12.1. The van der Waals surface area contributed by atoms with Gasteiger partial charge in [-0.25, -0.2) is 0 Å². The number of hydrogen-bond donors (Lipinski definition) is 1. The Kier molecular flexibility index (Phi) is 3.86. The summed E-state index contributed by atoms with van der Waals surface area (Å²) in [6, 6.07) is 0. The summed E-state index contributed by atoms with van der Waals surface area (Å²) in [5.41, 5.74) is 6.21. The Hall–Kier alpha value is -1.56. The summed E-state index contributed by atoms with van der Waals surface area (Å²) < 4.78 is 6.99. The van der Waals surface area contributed by atoms with E-state index in [1.54, 1.807) is 19.0 Å². The van der Waals surface area contributed by atoms with Crippen molar-refractivity contribution < 1.29 is 9.53 Å². The van der Waals surface area contributed by atoms with Crippen molar-refractivity contribution in [2.75, 3.05) is 32.5 Å². The number of hydrogen-bond acceptors (Lipinski definition) is 4. The fourth-order valence-electron chi connectivity index (χ4n) is 1.65. The lowest BCUT2D eigenvalue weighted by Crippen LogP contribution is -2.30. The molecular formula is C12H20N4O2. The molecule has 1 fully saturated rings. The van der Waals surface area contributed by atoms with E-state index in [2.05, 4.69) is 5.10 Å². The molecule has 6 nitrogen and oxygen atoms in total. The van der Waals surface area contributed by atoms with E-state index in [1.807, 2.05) is 0 Å². The number of nitrogen functional groups attached to an aromatic ring is 1. The Morgan fingerprint density at radius 3 is 2.94 bits per heavy atom. The van der Waals surface area contributed by atoms with Crippen LogP contribution < -0.4 is 5.73 Å². The summed E-state index contributed by atoms with van der Waals surface area (Å²) >= 11 is 0. The second-order valence-corrected chi connectivity index (χ2v) is 4.81. The molecule has 6 heteroatoms. The lowest BCUT2D eigenvalue weighted by Gasteiger charge is -2.16. The van der Waals surface area contributed by atoms with E-state index in [0.717, 1.165) is 12.5 Å². The van der Waals surface area contributed by atoms with Crippen LogP contribution in [0.2, 0.25) is 0 Å². The van der Waals surface area contributed by atoms with Gasteiger partial charge in [0.25, 0.3) is 5.91 Å². The predicted octanol–water partition coefficient (Wildman–Crippen LogP) is 0.501. The second kappa shape index (κ2) is 5.39. The van der Waals surface area contributed by atoms with Gasteiger partial charge in [0.15, 0.2) is 0 Å².